The van der Waals surface area contributed by atoms with E-state index in [9.17, 15) is 4.79 Å². The summed E-state index contributed by atoms with van der Waals surface area (Å²) in [5, 5.41) is 8.93. The van der Waals surface area contributed by atoms with Gasteiger partial charge in [0.05, 0.1) is 0 Å². The Morgan fingerprint density at radius 2 is 2.00 bits per heavy atom. The van der Waals surface area contributed by atoms with Crippen LogP contribution in [0, 0.1) is 5.92 Å². The summed E-state index contributed by atoms with van der Waals surface area (Å²) in [4.78, 5) is 10.9. The molecule has 2 unspecified atom stereocenters. The molecular formula is C12H24O3. The first-order chi connectivity index (χ1) is 7.11. The summed E-state index contributed by atoms with van der Waals surface area (Å²) < 4.78 is 5.34. The van der Waals surface area contributed by atoms with E-state index in [-0.39, 0.29) is 0 Å². The zero-order valence-electron chi connectivity index (χ0n) is 10.2. The monoisotopic (exact) mass is 216 g/mol. The summed E-state index contributed by atoms with van der Waals surface area (Å²) in [6.07, 6.45) is 4.03. The van der Waals surface area contributed by atoms with Gasteiger partial charge in [-0.15, -0.1) is 0 Å². The van der Waals surface area contributed by atoms with Crippen LogP contribution in [0.25, 0.3) is 0 Å². The van der Waals surface area contributed by atoms with Gasteiger partial charge in [0, 0.05) is 6.61 Å². The second-order valence-corrected chi connectivity index (χ2v) is 4.14. The minimum Gasteiger partial charge on any atom is -0.479 e. The first-order valence-electron chi connectivity index (χ1n) is 5.96. The second kappa shape index (κ2) is 8.72. The van der Waals surface area contributed by atoms with E-state index >= 15 is 0 Å². The maximum Gasteiger partial charge on any atom is 0.332 e. The lowest BCUT2D eigenvalue weighted by Crippen LogP contribution is -2.25. The lowest BCUT2D eigenvalue weighted by molar-refractivity contribution is -0.151. The fraction of sp³-hybridized carbons (Fsp3) is 0.917. The number of aliphatic carboxylic acids is 1. The minimum atomic E-state index is -0.825. The van der Waals surface area contributed by atoms with E-state index in [1.807, 2.05) is 0 Å². The van der Waals surface area contributed by atoms with Crippen LogP contribution >= 0.6 is 0 Å². The van der Waals surface area contributed by atoms with Crippen molar-refractivity contribution in [3.05, 3.63) is 0 Å². The highest BCUT2D eigenvalue weighted by Gasteiger charge is 2.18. The molecule has 90 valence electrons. The quantitative estimate of drug-likeness (QED) is 0.602. The smallest absolute Gasteiger partial charge is 0.332 e. The lowest BCUT2D eigenvalue weighted by atomic mass is 10.0. The van der Waals surface area contributed by atoms with Crippen LogP contribution in [0.4, 0.5) is 0 Å². The van der Waals surface area contributed by atoms with Crippen LogP contribution in [-0.4, -0.2) is 23.8 Å². The van der Waals surface area contributed by atoms with Crippen molar-refractivity contribution in [2.45, 2.75) is 59.0 Å². The van der Waals surface area contributed by atoms with Gasteiger partial charge in [0.25, 0.3) is 0 Å². The average molecular weight is 216 g/mol. The van der Waals surface area contributed by atoms with Crippen LogP contribution in [-0.2, 0) is 9.53 Å². The van der Waals surface area contributed by atoms with Crippen LogP contribution in [0.3, 0.4) is 0 Å². The summed E-state index contributed by atoms with van der Waals surface area (Å²) in [5.74, 6) is -0.240. The number of rotatable bonds is 9. The highest BCUT2D eigenvalue weighted by molar-refractivity contribution is 5.72. The molecule has 0 aromatic heterocycles. The highest BCUT2D eigenvalue weighted by atomic mass is 16.5. The molecule has 0 radical (unpaired) electrons. The van der Waals surface area contributed by atoms with E-state index in [0.29, 0.717) is 18.9 Å². The number of carbonyl (C=O) groups is 1. The van der Waals surface area contributed by atoms with Gasteiger partial charge in [0.2, 0.25) is 0 Å². The topological polar surface area (TPSA) is 46.5 Å². The Kier molecular flexibility index (Phi) is 8.38. The predicted molar refractivity (Wildman–Crippen MR) is 61.0 cm³/mol. The van der Waals surface area contributed by atoms with Gasteiger partial charge in [0.1, 0.15) is 0 Å². The van der Waals surface area contributed by atoms with Crippen LogP contribution in [0.2, 0.25) is 0 Å². The number of hydrogen-bond donors (Lipinski definition) is 1. The summed E-state index contributed by atoms with van der Waals surface area (Å²) in [5.41, 5.74) is 0. The van der Waals surface area contributed by atoms with Crippen molar-refractivity contribution >= 4 is 5.97 Å². The summed E-state index contributed by atoms with van der Waals surface area (Å²) in [7, 11) is 0. The first-order valence-corrected chi connectivity index (χ1v) is 5.96. The zero-order chi connectivity index (χ0) is 11.7. The Bertz CT molecular complexity index is 168. The molecule has 0 aliphatic heterocycles. The maximum absolute atomic E-state index is 10.9. The summed E-state index contributed by atoms with van der Waals surface area (Å²) in [6, 6.07) is 0. The van der Waals surface area contributed by atoms with Gasteiger partial charge in [-0.05, 0) is 25.2 Å². The van der Waals surface area contributed by atoms with Gasteiger partial charge in [-0.2, -0.15) is 0 Å². The Balaban J connectivity index is 3.78. The summed E-state index contributed by atoms with van der Waals surface area (Å²) in [6.45, 7) is 6.90. The number of ether oxygens (including phenoxy) is 1. The third-order valence-corrected chi connectivity index (χ3v) is 2.71. The van der Waals surface area contributed by atoms with E-state index in [1.54, 1.807) is 0 Å². The largest absolute Gasteiger partial charge is 0.479 e. The molecule has 0 amide bonds. The fourth-order valence-corrected chi connectivity index (χ4v) is 1.29. The molecule has 0 spiro atoms. The molecule has 0 bridgehead atoms. The van der Waals surface area contributed by atoms with Gasteiger partial charge in [-0.25, -0.2) is 4.79 Å². The molecule has 3 heteroatoms. The lowest BCUT2D eigenvalue weighted by Gasteiger charge is -2.15. The van der Waals surface area contributed by atoms with Gasteiger partial charge >= 0.3 is 5.97 Å². The van der Waals surface area contributed by atoms with Crippen molar-refractivity contribution < 1.29 is 14.6 Å². The van der Waals surface area contributed by atoms with Gasteiger partial charge in [-0.3, -0.25) is 0 Å². The van der Waals surface area contributed by atoms with Crippen molar-refractivity contribution in [3.63, 3.8) is 0 Å². The van der Waals surface area contributed by atoms with E-state index in [0.717, 1.165) is 25.7 Å². The maximum atomic E-state index is 10.9. The molecule has 0 saturated carbocycles. The van der Waals surface area contributed by atoms with Crippen molar-refractivity contribution in [2.75, 3.05) is 6.61 Å². The van der Waals surface area contributed by atoms with E-state index in [1.165, 1.54) is 0 Å². The fourth-order valence-electron chi connectivity index (χ4n) is 1.29. The first kappa shape index (κ1) is 14.4. The van der Waals surface area contributed by atoms with Gasteiger partial charge in [0.15, 0.2) is 6.10 Å². The molecule has 0 saturated heterocycles. The Morgan fingerprint density at radius 3 is 2.47 bits per heavy atom. The SMILES string of the molecule is CCCCOC(CCC(C)CC)C(=O)O. The van der Waals surface area contributed by atoms with Crippen molar-refractivity contribution in [1.29, 1.82) is 0 Å². The molecule has 0 aromatic rings. The normalized spacial score (nSPS) is 14.9. The standard InChI is InChI=1S/C12H24O3/c1-4-6-9-15-11(12(13)14)8-7-10(3)5-2/h10-11H,4-9H2,1-3H3,(H,13,14). The van der Waals surface area contributed by atoms with Crippen LogP contribution in [0.15, 0.2) is 0 Å². The Morgan fingerprint density at radius 1 is 1.33 bits per heavy atom. The summed E-state index contributed by atoms with van der Waals surface area (Å²) >= 11 is 0. The van der Waals surface area contributed by atoms with E-state index in [2.05, 4.69) is 20.8 Å². The molecule has 0 fully saturated rings. The molecule has 15 heavy (non-hydrogen) atoms. The second-order valence-electron chi connectivity index (χ2n) is 4.14. The van der Waals surface area contributed by atoms with E-state index in [4.69, 9.17) is 9.84 Å². The number of carboxylic acid groups (broad SMARTS) is 1. The highest BCUT2D eigenvalue weighted by Crippen LogP contribution is 2.13. The van der Waals surface area contributed by atoms with Crippen LogP contribution in [0.5, 0.6) is 0 Å². The Hall–Kier alpha value is -0.570. The minimum absolute atomic E-state index is 0.563. The average Bonchev–Trinajstić information content (AvgIpc) is 2.22. The third kappa shape index (κ3) is 7.37. The van der Waals surface area contributed by atoms with E-state index < -0.39 is 12.1 Å². The molecule has 0 aromatic carbocycles. The number of hydrogen-bond acceptors (Lipinski definition) is 2. The molecule has 0 heterocycles. The molecule has 1 N–H and O–H groups in total. The van der Waals surface area contributed by atoms with Gasteiger partial charge in [-0.1, -0.05) is 33.6 Å². The molecule has 2 atom stereocenters. The molecule has 0 aliphatic rings. The molecule has 0 aliphatic carbocycles. The number of unbranched alkanes of at least 4 members (excludes halogenated alkanes) is 1. The van der Waals surface area contributed by atoms with Crippen LogP contribution < -0.4 is 0 Å². The third-order valence-electron chi connectivity index (χ3n) is 2.71. The van der Waals surface area contributed by atoms with Crippen molar-refractivity contribution in [3.8, 4) is 0 Å². The van der Waals surface area contributed by atoms with Crippen molar-refractivity contribution in [1.82, 2.24) is 0 Å². The van der Waals surface area contributed by atoms with Crippen molar-refractivity contribution in [2.24, 2.45) is 5.92 Å². The predicted octanol–water partition coefficient (Wildman–Crippen LogP) is 3.08. The number of carboxylic acids is 1. The van der Waals surface area contributed by atoms with Crippen LogP contribution in [0.1, 0.15) is 52.9 Å². The molecule has 0 rings (SSSR count). The zero-order valence-corrected chi connectivity index (χ0v) is 10.2. The molecule has 3 nitrogen and oxygen atoms in total. The van der Waals surface area contributed by atoms with Gasteiger partial charge < -0.3 is 9.84 Å². The molecular weight excluding hydrogens is 192 g/mol. The Labute approximate surface area is 92.8 Å².